The summed E-state index contributed by atoms with van der Waals surface area (Å²) in [6.45, 7) is 2.44. The van der Waals surface area contributed by atoms with Crippen LogP contribution in [0.25, 0.3) is 26.5 Å². The van der Waals surface area contributed by atoms with Crippen LogP contribution in [-0.4, -0.2) is 47.3 Å². The summed E-state index contributed by atoms with van der Waals surface area (Å²) in [5.74, 6) is -0.730. The van der Waals surface area contributed by atoms with E-state index in [9.17, 15) is 9.59 Å². The van der Waals surface area contributed by atoms with E-state index in [1.165, 1.54) is 28.0 Å². The Kier molecular flexibility index (Phi) is 8.93. The average molecular weight is 664 g/mol. The second-order valence-corrected chi connectivity index (χ2v) is 12.1. The second-order valence-electron chi connectivity index (χ2n) is 11.0. The summed E-state index contributed by atoms with van der Waals surface area (Å²) in [6.07, 6.45) is 5.70. The molecule has 0 atom stereocenters. The van der Waals surface area contributed by atoms with Crippen molar-refractivity contribution >= 4 is 33.1 Å². The fraction of sp³-hybridized carbons (Fsp3) is 0.167. The minimum absolute atomic E-state index is 0.0331. The van der Waals surface area contributed by atoms with Crippen LogP contribution in [0.5, 0.6) is 17.2 Å². The zero-order valence-corrected chi connectivity index (χ0v) is 26.7. The highest BCUT2D eigenvalue weighted by Crippen LogP contribution is 2.39. The van der Waals surface area contributed by atoms with Crippen LogP contribution >= 0.6 is 11.3 Å². The van der Waals surface area contributed by atoms with Gasteiger partial charge in [0.05, 0.1) is 34.0 Å². The van der Waals surface area contributed by atoms with Crippen molar-refractivity contribution in [2.24, 2.45) is 0 Å². The number of hydrogen-bond acceptors (Lipinski definition) is 9. The largest absolute Gasteiger partial charge is 0.492 e. The van der Waals surface area contributed by atoms with E-state index in [1.54, 1.807) is 37.7 Å². The molecule has 242 valence electrons. The number of para-hydroxylation sites is 1. The van der Waals surface area contributed by atoms with Crippen LogP contribution in [-0.2, 0) is 17.7 Å². The van der Waals surface area contributed by atoms with Gasteiger partial charge in [0.15, 0.2) is 11.6 Å². The Bertz CT molecular complexity index is 2170. The van der Waals surface area contributed by atoms with Gasteiger partial charge in [0.25, 0.3) is 11.5 Å². The van der Waals surface area contributed by atoms with Crippen molar-refractivity contribution in [3.8, 4) is 33.5 Å². The molecule has 1 aliphatic rings. The molecule has 0 bridgehead atoms. The van der Waals surface area contributed by atoms with Gasteiger partial charge < -0.3 is 24.8 Å². The molecule has 5 heterocycles. The third kappa shape index (κ3) is 6.41. The number of hydrogen-bond donors (Lipinski definition) is 2. The first-order valence-corrected chi connectivity index (χ1v) is 16.1. The number of rotatable bonds is 11. The highest BCUT2D eigenvalue weighted by Gasteiger charge is 2.27. The molecule has 48 heavy (non-hydrogen) atoms. The highest BCUT2D eigenvalue weighted by atomic mass is 32.1. The minimum Gasteiger partial charge on any atom is -0.492 e. The van der Waals surface area contributed by atoms with Gasteiger partial charge in [0, 0.05) is 74.3 Å². The fourth-order valence-electron chi connectivity index (χ4n) is 5.41. The molecule has 0 saturated heterocycles. The lowest BCUT2D eigenvalue weighted by molar-refractivity contribution is 0.102. The molecule has 0 fully saturated rings. The number of nitrogens with one attached hydrogen (secondary N) is 2. The zero-order valence-electron chi connectivity index (χ0n) is 25.9. The Hall–Kier alpha value is -5.43. The van der Waals surface area contributed by atoms with Gasteiger partial charge >= 0.3 is 0 Å². The highest BCUT2D eigenvalue weighted by molar-refractivity contribution is 7.22. The number of anilines is 1. The van der Waals surface area contributed by atoms with Gasteiger partial charge in [-0.25, -0.2) is 4.39 Å². The number of benzene rings is 2. The minimum atomic E-state index is -0.692. The maximum Gasteiger partial charge on any atom is 0.271 e. The Labute approximate surface area is 278 Å². The van der Waals surface area contributed by atoms with Crippen molar-refractivity contribution in [1.29, 1.82) is 0 Å². The van der Waals surface area contributed by atoms with E-state index in [0.29, 0.717) is 43.1 Å². The lowest BCUT2D eigenvalue weighted by Gasteiger charge is -2.13. The van der Waals surface area contributed by atoms with E-state index in [4.69, 9.17) is 14.2 Å². The zero-order chi connectivity index (χ0) is 33.0. The Balaban J connectivity index is 1.09. The number of nitrogens with zero attached hydrogens (tertiary/aromatic N) is 3. The monoisotopic (exact) mass is 663 g/mol. The van der Waals surface area contributed by atoms with Crippen LogP contribution in [0.4, 0.5) is 10.1 Å². The SMILES string of the molecule is COCCNCc1ccc(-c2cc3nccc(Oc4ccc(NC(=O)c5c6c(cn(-c7ccccc7)c5=O)CCO6)cc4F)c3s2)nc1. The first kappa shape index (κ1) is 31.2. The number of methoxy groups -OCH3 is 1. The van der Waals surface area contributed by atoms with E-state index < -0.39 is 17.3 Å². The molecular formula is C36H30FN5O5S. The number of pyridine rings is 3. The number of thiophene rings is 1. The third-order valence-corrected chi connectivity index (χ3v) is 8.95. The Morgan fingerprint density at radius 3 is 2.73 bits per heavy atom. The summed E-state index contributed by atoms with van der Waals surface area (Å²) in [5.41, 5.74) is 3.41. The second kappa shape index (κ2) is 13.7. The summed E-state index contributed by atoms with van der Waals surface area (Å²) in [4.78, 5) is 36.9. The molecular weight excluding hydrogens is 633 g/mol. The molecule has 0 radical (unpaired) electrons. The van der Waals surface area contributed by atoms with Crippen molar-refractivity contribution in [3.05, 3.63) is 124 Å². The van der Waals surface area contributed by atoms with Crippen molar-refractivity contribution < 1.29 is 23.4 Å². The van der Waals surface area contributed by atoms with E-state index in [2.05, 4.69) is 20.6 Å². The Morgan fingerprint density at radius 1 is 1.06 bits per heavy atom. The van der Waals surface area contributed by atoms with Gasteiger partial charge in [-0.3, -0.25) is 24.1 Å². The number of halogens is 1. The molecule has 2 aromatic carbocycles. The molecule has 2 N–H and O–H groups in total. The van der Waals surface area contributed by atoms with E-state index >= 15 is 4.39 Å². The van der Waals surface area contributed by atoms with Crippen LogP contribution in [0.1, 0.15) is 21.5 Å². The normalized spacial score (nSPS) is 12.1. The summed E-state index contributed by atoms with van der Waals surface area (Å²) in [5, 5.41) is 5.96. The molecule has 7 rings (SSSR count). The van der Waals surface area contributed by atoms with Gasteiger partial charge in [-0.05, 0) is 42.0 Å². The molecule has 1 amide bonds. The third-order valence-electron chi connectivity index (χ3n) is 7.79. The van der Waals surface area contributed by atoms with Crippen LogP contribution in [0.2, 0.25) is 0 Å². The average Bonchev–Trinajstić information content (AvgIpc) is 3.76. The van der Waals surface area contributed by atoms with E-state index in [-0.39, 0.29) is 22.7 Å². The summed E-state index contributed by atoms with van der Waals surface area (Å²) in [6, 6.07) is 20.7. The lowest BCUT2D eigenvalue weighted by Crippen LogP contribution is -2.29. The molecule has 0 saturated carbocycles. The quantitative estimate of drug-likeness (QED) is 0.154. The molecule has 0 unspecified atom stereocenters. The summed E-state index contributed by atoms with van der Waals surface area (Å²) < 4.78 is 34.3. The smallest absolute Gasteiger partial charge is 0.271 e. The van der Waals surface area contributed by atoms with Gasteiger partial charge in [0.2, 0.25) is 0 Å². The number of carbonyl (C=O) groups excluding carboxylic acids is 1. The van der Waals surface area contributed by atoms with Crippen LogP contribution in [0, 0.1) is 5.82 Å². The lowest BCUT2D eigenvalue weighted by atomic mass is 10.1. The molecule has 1 aliphatic heterocycles. The summed E-state index contributed by atoms with van der Waals surface area (Å²) >= 11 is 1.45. The standard InChI is InChI=1S/C36H30FN5O5S/c1-45-16-14-38-19-22-7-9-27(40-20-22)31-18-28-34(48-31)30(11-13-39-28)47-29-10-8-24(17-26(29)37)41-35(43)32-33-23(12-15-46-33)21-42(36(32)44)25-5-3-2-4-6-25/h2-11,13,17-18,20-21,38H,12,14-16,19H2,1H3,(H,41,43). The maximum atomic E-state index is 15.4. The molecule has 12 heteroatoms. The maximum absolute atomic E-state index is 15.4. The van der Waals surface area contributed by atoms with Crippen molar-refractivity contribution in [2.75, 3.05) is 32.2 Å². The number of aromatic nitrogens is 3. The first-order valence-electron chi connectivity index (χ1n) is 15.3. The topological polar surface area (TPSA) is 117 Å². The van der Waals surface area contributed by atoms with Crippen LogP contribution in [0.3, 0.4) is 0 Å². The van der Waals surface area contributed by atoms with Gasteiger partial charge in [0.1, 0.15) is 17.1 Å². The van der Waals surface area contributed by atoms with Crippen LogP contribution in [0.15, 0.2) is 96.2 Å². The molecule has 0 spiro atoms. The number of amides is 1. The van der Waals surface area contributed by atoms with Crippen molar-refractivity contribution in [3.63, 3.8) is 0 Å². The van der Waals surface area contributed by atoms with E-state index in [0.717, 1.165) is 39.0 Å². The number of ether oxygens (including phenoxy) is 3. The summed E-state index contributed by atoms with van der Waals surface area (Å²) in [7, 11) is 1.67. The predicted molar refractivity (Wildman–Crippen MR) is 182 cm³/mol. The molecule has 10 nitrogen and oxygen atoms in total. The van der Waals surface area contributed by atoms with Crippen molar-refractivity contribution in [2.45, 2.75) is 13.0 Å². The van der Waals surface area contributed by atoms with Crippen LogP contribution < -0.4 is 25.7 Å². The number of fused-ring (bicyclic) bond motifs is 2. The van der Waals surface area contributed by atoms with Gasteiger partial charge in [-0.15, -0.1) is 11.3 Å². The molecule has 4 aromatic heterocycles. The first-order chi connectivity index (χ1) is 23.5. The van der Waals surface area contributed by atoms with Crippen molar-refractivity contribution in [1.82, 2.24) is 19.9 Å². The fourth-order valence-corrected chi connectivity index (χ4v) is 6.46. The van der Waals surface area contributed by atoms with Gasteiger partial charge in [-0.2, -0.15) is 0 Å². The molecule has 0 aliphatic carbocycles. The number of carbonyl (C=O) groups is 1. The van der Waals surface area contributed by atoms with Gasteiger partial charge in [-0.1, -0.05) is 24.3 Å². The Morgan fingerprint density at radius 2 is 1.94 bits per heavy atom. The van der Waals surface area contributed by atoms with E-state index in [1.807, 2.05) is 42.6 Å². The predicted octanol–water partition coefficient (Wildman–Crippen LogP) is 6.36. The molecule has 6 aromatic rings.